The van der Waals surface area contributed by atoms with Gasteiger partial charge in [-0.25, -0.2) is 0 Å². The van der Waals surface area contributed by atoms with Crippen LogP contribution in [0.2, 0.25) is 0 Å². The molecule has 2 unspecified atom stereocenters. The first-order chi connectivity index (χ1) is 8.67. The van der Waals surface area contributed by atoms with Crippen LogP contribution in [-0.2, 0) is 4.79 Å². The number of amides is 1. The Kier molecular flexibility index (Phi) is 2.89. The van der Waals surface area contributed by atoms with Gasteiger partial charge in [-0.3, -0.25) is 4.79 Å². The predicted octanol–water partition coefficient (Wildman–Crippen LogP) is 3.44. The Morgan fingerprint density at radius 3 is 2.61 bits per heavy atom. The summed E-state index contributed by atoms with van der Waals surface area (Å²) in [6.45, 7) is 2.28. The van der Waals surface area contributed by atoms with E-state index in [1.54, 1.807) is 0 Å². The molecule has 96 valence electrons. The highest BCUT2D eigenvalue weighted by Gasteiger charge is 2.45. The smallest absolute Gasteiger partial charge is 0.221 e. The number of carbonyl (C=O) groups excluding carboxylic acids is 1. The van der Waals surface area contributed by atoms with Crippen LogP contribution < -0.4 is 5.32 Å². The fourth-order valence-corrected chi connectivity index (χ4v) is 3.53. The third-order valence-electron chi connectivity index (χ3n) is 4.68. The van der Waals surface area contributed by atoms with Crippen molar-refractivity contribution < 1.29 is 4.79 Å². The molecule has 0 spiro atoms. The highest BCUT2D eigenvalue weighted by atomic mass is 16.2. The van der Waals surface area contributed by atoms with Crippen LogP contribution in [0.5, 0.6) is 0 Å². The molecule has 0 aromatic heterocycles. The minimum absolute atomic E-state index is 0.101. The molecule has 3 rings (SSSR count). The summed E-state index contributed by atoms with van der Waals surface area (Å²) < 4.78 is 0. The lowest BCUT2D eigenvalue weighted by Gasteiger charge is -2.37. The standard InChI is InChI=1S/C16H21NO/c1-16(10-12-6-5-7-12)11-14(18)17-15(16)13-8-3-2-4-9-13/h2-4,8-9,12,15H,5-7,10-11H2,1H3,(H,17,18). The summed E-state index contributed by atoms with van der Waals surface area (Å²) >= 11 is 0. The van der Waals surface area contributed by atoms with Gasteiger partial charge in [-0.15, -0.1) is 0 Å². The summed E-state index contributed by atoms with van der Waals surface area (Å²) in [6, 6.07) is 10.6. The van der Waals surface area contributed by atoms with Crippen LogP contribution in [0.15, 0.2) is 30.3 Å². The first-order valence-corrected chi connectivity index (χ1v) is 7.02. The largest absolute Gasteiger partial charge is 0.349 e. The molecule has 1 aromatic rings. The van der Waals surface area contributed by atoms with Crippen LogP contribution in [0.25, 0.3) is 0 Å². The molecule has 1 aromatic carbocycles. The van der Waals surface area contributed by atoms with Gasteiger partial charge in [-0.05, 0) is 17.9 Å². The Morgan fingerprint density at radius 2 is 2.00 bits per heavy atom. The fraction of sp³-hybridized carbons (Fsp3) is 0.562. The van der Waals surface area contributed by atoms with Crippen LogP contribution >= 0.6 is 0 Å². The van der Waals surface area contributed by atoms with E-state index in [4.69, 9.17) is 0 Å². The Labute approximate surface area is 109 Å². The highest BCUT2D eigenvalue weighted by Crippen LogP contribution is 2.49. The molecule has 2 fully saturated rings. The van der Waals surface area contributed by atoms with Crippen molar-refractivity contribution in [1.82, 2.24) is 5.32 Å². The summed E-state index contributed by atoms with van der Waals surface area (Å²) in [6.07, 6.45) is 5.95. The zero-order valence-electron chi connectivity index (χ0n) is 11.0. The number of nitrogens with one attached hydrogen (secondary N) is 1. The van der Waals surface area contributed by atoms with Crippen LogP contribution in [0.3, 0.4) is 0 Å². The predicted molar refractivity (Wildman–Crippen MR) is 72.0 cm³/mol. The van der Waals surface area contributed by atoms with E-state index < -0.39 is 0 Å². The molecule has 1 heterocycles. The average molecular weight is 243 g/mol. The molecule has 1 saturated carbocycles. The van der Waals surface area contributed by atoms with Gasteiger partial charge in [0.05, 0.1) is 6.04 Å². The van der Waals surface area contributed by atoms with Crippen LogP contribution in [0.4, 0.5) is 0 Å². The van der Waals surface area contributed by atoms with Gasteiger partial charge in [0.2, 0.25) is 5.91 Å². The van der Waals surface area contributed by atoms with E-state index in [0.717, 1.165) is 5.92 Å². The molecule has 2 aliphatic rings. The second-order valence-electron chi connectivity index (χ2n) is 6.24. The van der Waals surface area contributed by atoms with E-state index in [0.29, 0.717) is 6.42 Å². The molecule has 0 bridgehead atoms. The molecule has 1 aliphatic carbocycles. The van der Waals surface area contributed by atoms with E-state index in [1.165, 1.54) is 31.2 Å². The van der Waals surface area contributed by atoms with Crippen molar-refractivity contribution in [2.45, 2.75) is 45.1 Å². The minimum Gasteiger partial charge on any atom is -0.349 e. The number of rotatable bonds is 3. The van der Waals surface area contributed by atoms with Crippen molar-refractivity contribution in [3.8, 4) is 0 Å². The maximum Gasteiger partial charge on any atom is 0.221 e. The van der Waals surface area contributed by atoms with E-state index in [9.17, 15) is 4.79 Å². The van der Waals surface area contributed by atoms with Gasteiger partial charge >= 0.3 is 0 Å². The highest BCUT2D eigenvalue weighted by molar-refractivity contribution is 5.80. The molecular formula is C16H21NO. The van der Waals surface area contributed by atoms with Gasteiger partial charge < -0.3 is 5.32 Å². The molecule has 1 amide bonds. The third-order valence-corrected chi connectivity index (χ3v) is 4.68. The second kappa shape index (κ2) is 4.42. The lowest BCUT2D eigenvalue weighted by atomic mass is 9.68. The van der Waals surface area contributed by atoms with Crippen molar-refractivity contribution in [2.75, 3.05) is 0 Å². The van der Waals surface area contributed by atoms with E-state index in [-0.39, 0.29) is 17.4 Å². The Bertz CT molecular complexity index is 438. The molecule has 2 nitrogen and oxygen atoms in total. The van der Waals surface area contributed by atoms with Crippen molar-refractivity contribution >= 4 is 5.91 Å². The molecule has 0 radical (unpaired) electrons. The first kappa shape index (κ1) is 11.8. The Morgan fingerprint density at radius 1 is 1.28 bits per heavy atom. The quantitative estimate of drug-likeness (QED) is 0.865. The lowest BCUT2D eigenvalue weighted by molar-refractivity contribution is -0.119. The maximum absolute atomic E-state index is 11.8. The SMILES string of the molecule is CC1(CC2CCC2)CC(=O)NC1c1ccccc1. The second-order valence-corrected chi connectivity index (χ2v) is 6.24. The summed E-state index contributed by atoms with van der Waals surface area (Å²) in [5.41, 5.74) is 1.36. The number of carbonyl (C=O) groups is 1. The summed E-state index contributed by atoms with van der Waals surface area (Å²) in [4.78, 5) is 11.8. The lowest BCUT2D eigenvalue weighted by Crippen LogP contribution is -2.30. The summed E-state index contributed by atoms with van der Waals surface area (Å²) in [7, 11) is 0. The van der Waals surface area contributed by atoms with Gasteiger partial charge in [0.1, 0.15) is 0 Å². The van der Waals surface area contributed by atoms with Crippen LogP contribution in [0.1, 0.15) is 50.6 Å². The van der Waals surface area contributed by atoms with Gasteiger partial charge in [-0.1, -0.05) is 56.5 Å². The monoisotopic (exact) mass is 243 g/mol. The van der Waals surface area contributed by atoms with Gasteiger partial charge in [0, 0.05) is 11.8 Å². The molecular weight excluding hydrogens is 222 g/mol. The molecule has 1 N–H and O–H groups in total. The Hall–Kier alpha value is -1.31. The topological polar surface area (TPSA) is 29.1 Å². The van der Waals surface area contributed by atoms with E-state index in [2.05, 4.69) is 36.5 Å². The van der Waals surface area contributed by atoms with Crippen molar-refractivity contribution in [3.63, 3.8) is 0 Å². The number of hydrogen-bond donors (Lipinski definition) is 1. The summed E-state index contributed by atoms with van der Waals surface area (Å²) in [5.74, 6) is 1.06. The average Bonchev–Trinajstić information content (AvgIpc) is 2.61. The summed E-state index contributed by atoms with van der Waals surface area (Å²) in [5, 5.41) is 3.18. The number of benzene rings is 1. The molecule has 18 heavy (non-hydrogen) atoms. The third kappa shape index (κ3) is 2.05. The van der Waals surface area contributed by atoms with Gasteiger partial charge in [0.15, 0.2) is 0 Å². The van der Waals surface area contributed by atoms with Crippen molar-refractivity contribution in [2.24, 2.45) is 11.3 Å². The van der Waals surface area contributed by atoms with Crippen LogP contribution in [-0.4, -0.2) is 5.91 Å². The van der Waals surface area contributed by atoms with E-state index in [1.807, 2.05) is 6.07 Å². The normalized spacial score (nSPS) is 32.1. The molecule has 1 saturated heterocycles. The van der Waals surface area contributed by atoms with Crippen LogP contribution in [0, 0.1) is 11.3 Å². The molecule has 1 aliphatic heterocycles. The van der Waals surface area contributed by atoms with Gasteiger partial charge in [0.25, 0.3) is 0 Å². The molecule has 2 heteroatoms. The zero-order chi connectivity index (χ0) is 12.6. The number of hydrogen-bond acceptors (Lipinski definition) is 1. The molecule has 2 atom stereocenters. The maximum atomic E-state index is 11.8. The Balaban J connectivity index is 1.84. The fourth-order valence-electron chi connectivity index (χ4n) is 3.53. The van der Waals surface area contributed by atoms with Crippen molar-refractivity contribution in [3.05, 3.63) is 35.9 Å². The first-order valence-electron chi connectivity index (χ1n) is 7.02. The van der Waals surface area contributed by atoms with E-state index >= 15 is 0 Å². The zero-order valence-corrected chi connectivity index (χ0v) is 11.0. The van der Waals surface area contributed by atoms with Gasteiger partial charge in [-0.2, -0.15) is 0 Å². The minimum atomic E-state index is 0.101. The van der Waals surface area contributed by atoms with Crippen molar-refractivity contribution in [1.29, 1.82) is 0 Å².